The quantitative estimate of drug-likeness (QED) is 0.171. The van der Waals surface area contributed by atoms with Crippen LogP contribution >= 0.6 is 0 Å². The van der Waals surface area contributed by atoms with E-state index in [9.17, 15) is 0 Å². The van der Waals surface area contributed by atoms with Gasteiger partial charge >= 0.3 is 0 Å². The predicted molar refractivity (Wildman–Crippen MR) is 247 cm³/mol. The Morgan fingerprint density at radius 2 is 1.02 bits per heavy atom. The minimum atomic E-state index is -0.188. The topological polar surface area (TPSA) is 15.3 Å². The minimum Gasteiger partial charge on any atom is -0.355 e. The molecule has 0 atom stereocenters. The Balaban J connectivity index is 1.15. The molecule has 0 spiro atoms. The van der Waals surface area contributed by atoms with Gasteiger partial charge in [0.1, 0.15) is 0 Å². The maximum atomic E-state index is 3.91. The molecule has 0 amide bonds. The summed E-state index contributed by atoms with van der Waals surface area (Å²) < 4.78 is 0. The summed E-state index contributed by atoms with van der Waals surface area (Å²) in [4.78, 5) is 2.57. The summed E-state index contributed by atoms with van der Waals surface area (Å²) in [5, 5.41) is 6.42. The van der Waals surface area contributed by atoms with E-state index < -0.39 is 0 Å². The van der Waals surface area contributed by atoms with Crippen molar-refractivity contribution in [2.45, 2.75) is 19.3 Å². The van der Waals surface area contributed by atoms with Crippen LogP contribution in [0.25, 0.3) is 55.3 Å². The van der Waals surface area contributed by atoms with Gasteiger partial charge in [0.2, 0.25) is 0 Å². The third-order valence-corrected chi connectivity index (χ3v) is 12.2. The van der Waals surface area contributed by atoms with E-state index in [1.807, 2.05) is 0 Å². The monoisotopic (exact) mass is 739 g/mol. The minimum absolute atomic E-state index is 0.188. The second kappa shape index (κ2) is 13.5. The van der Waals surface area contributed by atoms with Crippen LogP contribution in [-0.4, -0.2) is 7.28 Å². The van der Waals surface area contributed by atoms with E-state index >= 15 is 0 Å². The van der Waals surface area contributed by atoms with Gasteiger partial charge in [0.05, 0.1) is 5.69 Å². The summed E-state index contributed by atoms with van der Waals surface area (Å²) in [7, 11) is 2.43. The zero-order chi connectivity index (χ0) is 38.8. The third-order valence-electron chi connectivity index (χ3n) is 12.2. The number of fused-ring (bicyclic) bond motifs is 5. The molecule has 3 heteroatoms. The molecule has 0 saturated carbocycles. The summed E-state index contributed by atoms with van der Waals surface area (Å²) >= 11 is 0. The van der Waals surface area contributed by atoms with Gasteiger partial charge in [-0.25, -0.2) is 0 Å². The van der Waals surface area contributed by atoms with Crippen LogP contribution in [0.1, 0.15) is 25.0 Å². The first-order valence-electron chi connectivity index (χ1n) is 20.2. The highest BCUT2D eigenvalue weighted by molar-refractivity contribution is 6.73. The van der Waals surface area contributed by atoms with Crippen LogP contribution in [0.3, 0.4) is 0 Å². The maximum absolute atomic E-state index is 3.91. The van der Waals surface area contributed by atoms with Crippen LogP contribution in [0.4, 0.5) is 28.4 Å². The molecule has 2 nitrogen and oxygen atoms in total. The number of hydrogen-bond donors (Lipinski definition) is 1. The molecule has 0 aromatic heterocycles. The van der Waals surface area contributed by atoms with Crippen molar-refractivity contribution in [3.8, 4) is 44.5 Å². The normalized spacial score (nSPS) is 13.2. The van der Waals surface area contributed by atoms with Gasteiger partial charge < -0.3 is 10.2 Å². The number of rotatable bonds is 6. The fourth-order valence-corrected chi connectivity index (χ4v) is 9.24. The van der Waals surface area contributed by atoms with Gasteiger partial charge in [0.15, 0.2) is 7.28 Å². The molecule has 0 bridgehead atoms. The van der Waals surface area contributed by atoms with E-state index in [0.717, 1.165) is 16.9 Å². The Bertz CT molecular complexity index is 3010. The molecule has 2 aliphatic rings. The maximum Gasteiger partial charge on any atom is 0.197 e. The highest BCUT2D eigenvalue weighted by Crippen LogP contribution is 2.54. The number of anilines is 5. The molecular formula is C55H40BN2. The first-order chi connectivity index (χ1) is 28.5. The van der Waals surface area contributed by atoms with Gasteiger partial charge in [-0.3, -0.25) is 0 Å². The summed E-state index contributed by atoms with van der Waals surface area (Å²) in [5.74, 6) is 0. The summed E-state index contributed by atoms with van der Waals surface area (Å²) in [6, 6.07) is 73.1. The molecule has 2 heterocycles. The van der Waals surface area contributed by atoms with Crippen molar-refractivity contribution < 1.29 is 0 Å². The van der Waals surface area contributed by atoms with E-state index in [1.54, 1.807) is 0 Å². The molecule has 2 aliphatic heterocycles. The first kappa shape index (κ1) is 34.2. The Kier molecular flexibility index (Phi) is 7.98. The van der Waals surface area contributed by atoms with Crippen molar-refractivity contribution in [1.82, 2.24) is 0 Å². The molecular weight excluding hydrogens is 699 g/mol. The smallest absolute Gasteiger partial charge is 0.197 e. The second-order valence-electron chi connectivity index (χ2n) is 16.1. The lowest BCUT2D eigenvalue weighted by atomic mass is 9.55. The first-order valence-corrected chi connectivity index (χ1v) is 20.2. The molecule has 9 aromatic rings. The second-order valence-corrected chi connectivity index (χ2v) is 16.1. The van der Waals surface area contributed by atoms with E-state index in [1.165, 1.54) is 88.8 Å². The van der Waals surface area contributed by atoms with Crippen LogP contribution in [0.15, 0.2) is 200 Å². The highest BCUT2D eigenvalue weighted by atomic mass is 15.2. The predicted octanol–water partition coefficient (Wildman–Crippen LogP) is 13.3. The fourth-order valence-electron chi connectivity index (χ4n) is 9.24. The van der Waals surface area contributed by atoms with Crippen molar-refractivity contribution in [3.63, 3.8) is 0 Å². The average Bonchev–Trinajstić information content (AvgIpc) is 3.28. The molecule has 0 fully saturated rings. The number of para-hydroxylation sites is 1. The molecule has 9 aromatic carbocycles. The van der Waals surface area contributed by atoms with Gasteiger partial charge in [-0.1, -0.05) is 177 Å². The zero-order valence-corrected chi connectivity index (χ0v) is 32.6. The fraction of sp³-hybridized carbons (Fsp3) is 0.0545. The Morgan fingerprint density at radius 3 is 1.71 bits per heavy atom. The standard InChI is InChI=1S/C55H40BN2/c1-55(2)47-23-14-24-49-54(47)58(51-34-41-22-13-12-21-40(41)32-48(51)55)52-35-43(38-19-10-5-11-20-38)31-46(53(52)56-49)45-30-27-42(37-17-8-4-9-18-37)33-50(45)57-44-28-25-39(26-29-44)36-15-6-3-7-16-36/h3-35,57H,1-2H3. The SMILES string of the molecule is CC1(C)c2cc3ccccc3cc2N2c3cc(-c4ccccc4)cc(-c4ccc(-c5ccccc5)cc4Nc4ccc(-c5ccccc5)cc4)c3[B]c3cccc1c32. The lowest BCUT2D eigenvalue weighted by Crippen LogP contribution is -2.45. The molecule has 1 radical (unpaired) electrons. The number of benzene rings is 9. The number of hydrogen-bond acceptors (Lipinski definition) is 2. The lowest BCUT2D eigenvalue weighted by molar-refractivity contribution is 0.633. The summed E-state index contributed by atoms with van der Waals surface area (Å²) in [6.07, 6.45) is 0. The van der Waals surface area contributed by atoms with Crippen LogP contribution < -0.4 is 21.1 Å². The molecule has 0 saturated heterocycles. The summed E-state index contributed by atoms with van der Waals surface area (Å²) in [6.45, 7) is 4.76. The van der Waals surface area contributed by atoms with Crippen molar-refractivity contribution in [3.05, 3.63) is 211 Å². The Hall–Kier alpha value is -7.10. The highest BCUT2D eigenvalue weighted by Gasteiger charge is 2.41. The third kappa shape index (κ3) is 5.65. The largest absolute Gasteiger partial charge is 0.355 e. The van der Waals surface area contributed by atoms with Crippen LogP contribution in [0.2, 0.25) is 0 Å². The van der Waals surface area contributed by atoms with Gasteiger partial charge in [-0.15, -0.1) is 0 Å². The number of nitrogens with one attached hydrogen (secondary N) is 1. The molecule has 0 unspecified atom stereocenters. The van der Waals surface area contributed by atoms with Crippen molar-refractivity contribution in [2.24, 2.45) is 0 Å². The van der Waals surface area contributed by atoms with Crippen LogP contribution in [0.5, 0.6) is 0 Å². The van der Waals surface area contributed by atoms with Crippen molar-refractivity contribution in [1.29, 1.82) is 0 Å². The van der Waals surface area contributed by atoms with E-state index in [0.29, 0.717) is 0 Å². The van der Waals surface area contributed by atoms with Gasteiger partial charge in [-0.2, -0.15) is 0 Å². The van der Waals surface area contributed by atoms with E-state index in [4.69, 9.17) is 0 Å². The van der Waals surface area contributed by atoms with Gasteiger partial charge in [-0.05, 0) is 109 Å². The average molecular weight is 740 g/mol. The molecule has 273 valence electrons. The molecule has 1 N–H and O–H groups in total. The van der Waals surface area contributed by atoms with Crippen molar-refractivity contribution >= 4 is 57.4 Å². The van der Waals surface area contributed by atoms with E-state index in [-0.39, 0.29) is 5.41 Å². The molecule has 0 aliphatic carbocycles. The van der Waals surface area contributed by atoms with Gasteiger partial charge in [0.25, 0.3) is 0 Å². The van der Waals surface area contributed by atoms with Crippen LogP contribution in [-0.2, 0) is 5.41 Å². The van der Waals surface area contributed by atoms with Gasteiger partial charge in [0, 0.05) is 33.7 Å². The summed E-state index contributed by atoms with van der Waals surface area (Å²) in [5.41, 5.74) is 20.2. The Labute approximate surface area is 341 Å². The van der Waals surface area contributed by atoms with Crippen LogP contribution in [0, 0.1) is 0 Å². The number of nitrogens with zero attached hydrogens (tertiary/aromatic N) is 1. The lowest BCUT2D eigenvalue weighted by Gasteiger charge is -2.46. The Morgan fingerprint density at radius 1 is 0.431 bits per heavy atom. The van der Waals surface area contributed by atoms with E-state index in [2.05, 4.69) is 232 Å². The van der Waals surface area contributed by atoms with Crippen molar-refractivity contribution in [2.75, 3.05) is 10.2 Å². The molecule has 58 heavy (non-hydrogen) atoms. The zero-order valence-electron chi connectivity index (χ0n) is 32.6. The molecule has 11 rings (SSSR count).